The van der Waals surface area contributed by atoms with Crippen LogP contribution in [0.2, 0.25) is 10.0 Å². The maximum atomic E-state index is 10.0. The zero-order chi connectivity index (χ0) is 17.1. The van der Waals surface area contributed by atoms with Crippen LogP contribution in [0.15, 0.2) is 41.4 Å². The fraction of sp³-hybridized carbons (Fsp3) is 0.222. The van der Waals surface area contributed by atoms with Gasteiger partial charge in [0.1, 0.15) is 5.75 Å². The molecule has 0 aliphatic carbocycles. The largest absolute Gasteiger partial charge is 0.506 e. The molecule has 1 aromatic heterocycles. The first kappa shape index (κ1) is 16.8. The summed E-state index contributed by atoms with van der Waals surface area (Å²) in [5.74, 6) is 0.557. The summed E-state index contributed by atoms with van der Waals surface area (Å²) in [7, 11) is 0. The Morgan fingerprint density at radius 3 is 2.83 bits per heavy atom. The quantitative estimate of drug-likeness (QED) is 0.601. The second-order valence-electron chi connectivity index (χ2n) is 5.49. The molecule has 0 amide bonds. The lowest BCUT2D eigenvalue weighted by Crippen LogP contribution is -1.97. The van der Waals surface area contributed by atoms with E-state index >= 15 is 0 Å². The number of para-hydroxylation sites is 2. The third-order valence-corrected chi connectivity index (χ3v) is 4.25. The molecule has 1 N–H and O–H groups in total. The summed E-state index contributed by atoms with van der Waals surface area (Å²) in [6.45, 7) is 2.99. The molecule has 0 aliphatic rings. The van der Waals surface area contributed by atoms with E-state index in [1.165, 1.54) is 12.3 Å². The molecule has 0 atom stereocenters. The molecule has 0 unspecified atom stereocenters. The summed E-state index contributed by atoms with van der Waals surface area (Å²) >= 11 is 11.9. The Balaban J connectivity index is 2.03. The summed E-state index contributed by atoms with van der Waals surface area (Å²) in [4.78, 5) is 9.03. The lowest BCUT2D eigenvalue weighted by molar-refractivity contribution is 0.475. The van der Waals surface area contributed by atoms with Crippen molar-refractivity contribution < 1.29 is 5.11 Å². The first-order valence-electron chi connectivity index (χ1n) is 7.77. The fourth-order valence-corrected chi connectivity index (χ4v) is 3.02. The van der Waals surface area contributed by atoms with Gasteiger partial charge in [0.2, 0.25) is 5.95 Å². The number of nitrogens with zero attached hydrogens (tertiary/aromatic N) is 3. The predicted octanol–water partition coefficient (Wildman–Crippen LogP) is 5.60. The van der Waals surface area contributed by atoms with E-state index in [-0.39, 0.29) is 10.8 Å². The van der Waals surface area contributed by atoms with Gasteiger partial charge in [-0.3, -0.25) is 0 Å². The molecule has 124 valence electrons. The lowest BCUT2D eigenvalue weighted by Gasteiger charge is -2.05. The van der Waals surface area contributed by atoms with E-state index in [0.717, 1.165) is 30.4 Å². The van der Waals surface area contributed by atoms with Crippen molar-refractivity contribution in [3.05, 3.63) is 52.0 Å². The number of halogens is 2. The molecule has 3 rings (SSSR count). The third-order valence-electron chi connectivity index (χ3n) is 3.75. The van der Waals surface area contributed by atoms with E-state index in [0.29, 0.717) is 16.5 Å². The Hall–Kier alpha value is -2.04. The van der Waals surface area contributed by atoms with E-state index in [2.05, 4.69) is 21.5 Å². The highest BCUT2D eigenvalue weighted by atomic mass is 35.5. The van der Waals surface area contributed by atoms with Crippen molar-refractivity contribution in [1.82, 2.24) is 9.55 Å². The monoisotopic (exact) mass is 361 g/mol. The number of aliphatic imine (C=N–C) groups is 1. The van der Waals surface area contributed by atoms with Gasteiger partial charge in [0.15, 0.2) is 0 Å². The van der Waals surface area contributed by atoms with Crippen LogP contribution in [-0.4, -0.2) is 20.9 Å². The van der Waals surface area contributed by atoms with Crippen LogP contribution in [0.4, 0.5) is 5.95 Å². The number of phenolic OH excluding ortho intramolecular Hbond substituents is 1. The van der Waals surface area contributed by atoms with Gasteiger partial charge < -0.3 is 9.67 Å². The van der Waals surface area contributed by atoms with Crippen molar-refractivity contribution in [3.8, 4) is 5.75 Å². The van der Waals surface area contributed by atoms with Crippen molar-refractivity contribution >= 4 is 46.4 Å². The van der Waals surface area contributed by atoms with Crippen molar-refractivity contribution in [1.29, 1.82) is 0 Å². The van der Waals surface area contributed by atoms with E-state index in [1.54, 1.807) is 6.07 Å². The molecule has 0 saturated carbocycles. The molecule has 0 aliphatic heterocycles. The minimum Gasteiger partial charge on any atom is -0.506 e. The van der Waals surface area contributed by atoms with E-state index < -0.39 is 0 Å². The molecular weight excluding hydrogens is 345 g/mol. The van der Waals surface area contributed by atoms with Gasteiger partial charge in [-0.2, -0.15) is 0 Å². The number of hydrogen-bond acceptors (Lipinski definition) is 3. The molecule has 0 bridgehead atoms. The number of rotatable bonds is 5. The molecule has 2 aromatic carbocycles. The number of unbranched alkanes of at least 4 members (excludes halogenated alkanes) is 1. The molecule has 0 spiro atoms. The molecule has 3 aromatic rings. The van der Waals surface area contributed by atoms with Gasteiger partial charge in [-0.05, 0) is 30.7 Å². The normalized spacial score (nSPS) is 11.6. The second kappa shape index (κ2) is 7.24. The number of imidazole rings is 1. The van der Waals surface area contributed by atoms with Crippen LogP contribution in [-0.2, 0) is 6.54 Å². The highest BCUT2D eigenvalue weighted by molar-refractivity contribution is 6.36. The van der Waals surface area contributed by atoms with Crippen molar-refractivity contribution in [2.75, 3.05) is 0 Å². The van der Waals surface area contributed by atoms with Gasteiger partial charge in [0.25, 0.3) is 0 Å². The average Bonchev–Trinajstić information content (AvgIpc) is 2.92. The summed E-state index contributed by atoms with van der Waals surface area (Å²) in [6.07, 6.45) is 3.66. The zero-order valence-corrected chi connectivity index (χ0v) is 14.7. The Morgan fingerprint density at radius 1 is 1.25 bits per heavy atom. The van der Waals surface area contributed by atoms with Crippen LogP contribution in [0.5, 0.6) is 5.75 Å². The molecule has 0 radical (unpaired) electrons. The van der Waals surface area contributed by atoms with Gasteiger partial charge in [-0.25, -0.2) is 9.98 Å². The van der Waals surface area contributed by atoms with Gasteiger partial charge in [0.05, 0.1) is 16.1 Å². The maximum absolute atomic E-state index is 10.0. The summed E-state index contributed by atoms with van der Waals surface area (Å²) in [5, 5.41) is 10.7. The molecule has 24 heavy (non-hydrogen) atoms. The first-order valence-corrected chi connectivity index (χ1v) is 8.53. The topological polar surface area (TPSA) is 50.4 Å². The molecule has 4 nitrogen and oxygen atoms in total. The van der Waals surface area contributed by atoms with Crippen LogP contribution in [0.25, 0.3) is 11.0 Å². The number of fused-ring (bicyclic) bond motifs is 1. The van der Waals surface area contributed by atoms with Crippen LogP contribution in [0.1, 0.15) is 25.3 Å². The Morgan fingerprint density at radius 2 is 2.04 bits per heavy atom. The minimum absolute atomic E-state index is 0.0407. The van der Waals surface area contributed by atoms with Gasteiger partial charge in [0, 0.05) is 23.3 Å². The van der Waals surface area contributed by atoms with Gasteiger partial charge in [-0.15, -0.1) is 0 Å². The number of phenols is 1. The van der Waals surface area contributed by atoms with E-state index in [4.69, 9.17) is 23.2 Å². The number of aryl methyl sites for hydroxylation is 1. The maximum Gasteiger partial charge on any atom is 0.230 e. The number of aromatic nitrogens is 2. The Labute approximate surface area is 150 Å². The average molecular weight is 362 g/mol. The SMILES string of the molecule is CCCCn1c(/N=C/c2cc(Cl)cc(Cl)c2O)nc2ccccc21. The van der Waals surface area contributed by atoms with Crippen molar-refractivity contribution in [2.45, 2.75) is 26.3 Å². The van der Waals surface area contributed by atoms with Crippen LogP contribution >= 0.6 is 23.2 Å². The van der Waals surface area contributed by atoms with Crippen LogP contribution in [0, 0.1) is 0 Å². The predicted molar refractivity (Wildman–Crippen MR) is 100 cm³/mol. The van der Waals surface area contributed by atoms with Gasteiger partial charge in [-0.1, -0.05) is 48.7 Å². The fourth-order valence-electron chi connectivity index (χ4n) is 2.51. The number of aromatic hydroxyl groups is 1. The first-order chi connectivity index (χ1) is 11.6. The van der Waals surface area contributed by atoms with E-state index in [1.807, 2.05) is 24.3 Å². The van der Waals surface area contributed by atoms with Crippen molar-refractivity contribution in [3.63, 3.8) is 0 Å². The Bertz CT molecular complexity index is 903. The molecule has 1 heterocycles. The molecular formula is C18H17Cl2N3O. The Kier molecular flexibility index (Phi) is 5.07. The van der Waals surface area contributed by atoms with Gasteiger partial charge >= 0.3 is 0 Å². The zero-order valence-electron chi connectivity index (χ0n) is 13.2. The number of hydrogen-bond donors (Lipinski definition) is 1. The molecule has 6 heteroatoms. The summed E-state index contributed by atoms with van der Waals surface area (Å²) in [5.41, 5.74) is 2.40. The smallest absolute Gasteiger partial charge is 0.230 e. The second-order valence-corrected chi connectivity index (χ2v) is 6.33. The van der Waals surface area contributed by atoms with Crippen molar-refractivity contribution in [2.24, 2.45) is 4.99 Å². The molecule has 0 saturated heterocycles. The number of benzene rings is 2. The highest BCUT2D eigenvalue weighted by Crippen LogP contribution is 2.30. The minimum atomic E-state index is -0.0407. The van der Waals surface area contributed by atoms with E-state index in [9.17, 15) is 5.11 Å². The third kappa shape index (κ3) is 3.40. The highest BCUT2D eigenvalue weighted by Gasteiger charge is 2.10. The summed E-state index contributed by atoms with van der Waals surface area (Å²) in [6, 6.07) is 11.0. The standard InChI is InChI=1S/C18H17Cl2N3O/c1-2-3-8-23-16-7-5-4-6-15(16)22-18(23)21-11-12-9-13(19)10-14(20)17(12)24/h4-7,9-11,24H,2-3,8H2,1H3/b21-11+. The van der Waals surface area contributed by atoms with Crippen LogP contribution in [0.3, 0.4) is 0 Å². The molecule has 0 fully saturated rings. The van der Waals surface area contributed by atoms with Crippen LogP contribution < -0.4 is 0 Å². The summed E-state index contributed by atoms with van der Waals surface area (Å²) < 4.78 is 2.08. The lowest BCUT2D eigenvalue weighted by atomic mass is 10.2.